The molecule has 0 N–H and O–H groups in total. The molecule has 0 radical (unpaired) electrons. The summed E-state index contributed by atoms with van der Waals surface area (Å²) in [6.07, 6.45) is 5.02. The first kappa shape index (κ1) is 14.0. The molecule has 0 saturated heterocycles. The van der Waals surface area contributed by atoms with Crippen molar-refractivity contribution in [2.45, 2.75) is 13.8 Å². The van der Waals surface area contributed by atoms with Gasteiger partial charge in [0.25, 0.3) is 0 Å². The van der Waals surface area contributed by atoms with E-state index in [0.717, 1.165) is 22.4 Å². The molecule has 0 saturated carbocycles. The van der Waals surface area contributed by atoms with Gasteiger partial charge in [0.15, 0.2) is 0 Å². The zero-order chi connectivity index (χ0) is 14.4. The number of hydrogen-bond acceptors (Lipinski definition) is 3. The minimum Gasteiger partial charge on any atom is -0.463 e. The molecule has 1 aromatic heterocycles. The van der Waals surface area contributed by atoms with E-state index in [0.29, 0.717) is 6.61 Å². The number of rotatable bonds is 4. The van der Waals surface area contributed by atoms with E-state index in [1.54, 1.807) is 13.0 Å². The number of hydrogen-bond donors (Lipinski definition) is 0. The molecule has 0 aliphatic carbocycles. The Bertz CT molecular complexity index is 598. The lowest BCUT2D eigenvalue weighted by Gasteiger charge is -2.02. The average molecular weight is 267 g/mol. The number of benzene rings is 1. The average Bonchev–Trinajstić information content (AvgIpc) is 2.47. The van der Waals surface area contributed by atoms with Gasteiger partial charge in [-0.3, -0.25) is 4.98 Å². The van der Waals surface area contributed by atoms with Crippen LogP contribution < -0.4 is 0 Å². The molecule has 3 heteroatoms. The molecule has 0 aliphatic rings. The van der Waals surface area contributed by atoms with Crippen LogP contribution in [-0.2, 0) is 9.53 Å². The number of pyridine rings is 1. The molecule has 1 heterocycles. The van der Waals surface area contributed by atoms with Crippen LogP contribution in [0, 0.1) is 6.92 Å². The van der Waals surface area contributed by atoms with Crippen LogP contribution in [0.25, 0.3) is 17.3 Å². The van der Waals surface area contributed by atoms with E-state index in [2.05, 4.69) is 4.98 Å². The molecule has 1 aromatic carbocycles. The van der Waals surface area contributed by atoms with Gasteiger partial charge in [-0.25, -0.2) is 4.79 Å². The summed E-state index contributed by atoms with van der Waals surface area (Å²) < 4.78 is 4.83. The van der Waals surface area contributed by atoms with Crippen LogP contribution in [0.5, 0.6) is 0 Å². The molecular formula is C17H17NO2. The fourth-order valence-corrected chi connectivity index (χ4v) is 1.76. The Morgan fingerprint density at radius 3 is 2.55 bits per heavy atom. The molecule has 0 spiro atoms. The standard InChI is InChI=1S/C17H17NO2/c1-3-20-17(19)11-7-14-5-8-15(9-6-14)16-10-4-13(2)12-18-16/h4-12H,3H2,1-2H3/b11-7+. The highest BCUT2D eigenvalue weighted by Crippen LogP contribution is 2.18. The highest BCUT2D eigenvalue weighted by atomic mass is 16.5. The van der Waals surface area contributed by atoms with E-state index in [4.69, 9.17) is 4.74 Å². The van der Waals surface area contributed by atoms with E-state index in [1.165, 1.54) is 6.08 Å². The van der Waals surface area contributed by atoms with Crippen molar-refractivity contribution in [1.82, 2.24) is 4.98 Å². The number of esters is 1. The van der Waals surface area contributed by atoms with Crippen LogP contribution in [0.1, 0.15) is 18.1 Å². The van der Waals surface area contributed by atoms with Gasteiger partial charge in [0, 0.05) is 17.8 Å². The lowest BCUT2D eigenvalue weighted by Crippen LogP contribution is -1.98. The Balaban J connectivity index is 2.10. The first-order valence-electron chi connectivity index (χ1n) is 6.57. The molecule has 0 amide bonds. The molecule has 0 unspecified atom stereocenters. The molecule has 2 aromatic rings. The maximum Gasteiger partial charge on any atom is 0.330 e. The van der Waals surface area contributed by atoms with Gasteiger partial charge in [-0.15, -0.1) is 0 Å². The summed E-state index contributed by atoms with van der Waals surface area (Å²) in [4.78, 5) is 15.6. The minimum absolute atomic E-state index is 0.322. The fraction of sp³-hybridized carbons (Fsp3) is 0.176. The van der Waals surface area contributed by atoms with Crippen molar-refractivity contribution in [3.63, 3.8) is 0 Å². The van der Waals surface area contributed by atoms with Crippen molar-refractivity contribution < 1.29 is 9.53 Å². The van der Waals surface area contributed by atoms with E-state index in [1.807, 2.05) is 49.5 Å². The van der Waals surface area contributed by atoms with Crippen LogP contribution in [0.3, 0.4) is 0 Å². The highest BCUT2D eigenvalue weighted by molar-refractivity contribution is 5.87. The summed E-state index contributed by atoms with van der Waals surface area (Å²) in [6, 6.07) is 11.9. The number of ether oxygens (including phenoxy) is 1. The second kappa shape index (κ2) is 6.66. The summed E-state index contributed by atoms with van der Waals surface area (Å²) in [7, 11) is 0. The third-order valence-electron chi connectivity index (χ3n) is 2.82. The predicted octanol–water partition coefficient (Wildman–Crippen LogP) is 3.63. The Labute approximate surface area is 118 Å². The Hall–Kier alpha value is -2.42. The van der Waals surface area contributed by atoms with Crippen LogP contribution in [0.4, 0.5) is 0 Å². The molecule has 0 bridgehead atoms. The Kier molecular flexibility index (Phi) is 4.66. The topological polar surface area (TPSA) is 39.2 Å². The number of carbonyl (C=O) groups excluding carboxylic acids is 1. The molecule has 0 fully saturated rings. The van der Waals surface area contributed by atoms with Crippen molar-refractivity contribution in [2.24, 2.45) is 0 Å². The number of aryl methyl sites for hydroxylation is 1. The van der Waals surface area contributed by atoms with Gasteiger partial charge in [-0.1, -0.05) is 30.3 Å². The van der Waals surface area contributed by atoms with E-state index in [-0.39, 0.29) is 5.97 Å². The zero-order valence-electron chi connectivity index (χ0n) is 11.7. The largest absolute Gasteiger partial charge is 0.463 e. The van der Waals surface area contributed by atoms with Gasteiger partial charge in [0.1, 0.15) is 0 Å². The monoisotopic (exact) mass is 267 g/mol. The van der Waals surface area contributed by atoms with Gasteiger partial charge < -0.3 is 4.74 Å². The van der Waals surface area contributed by atoms with Gasteiger partial charge in [0.2, 0.25) is 0 Å². The van der Waals surface area contributed by atoms with Crippen LogP contribution in [0.2, 0.25) is 0 Å². The Morgan fingerprint density at radius 2 is 1.95 bits per heavy atom. The Morgan fingerprint density at radius 1 is 1.20 bits per heavy atom. The van der Waals surface area contributed by atoms with Crippen LogP contribution in [-0.4, -0.2) is 17.6 Å². The maximum atomic E-state index is 11.2. The quantitative estimate of drug-likeness (QED) is 0.627. The minimum atomic E-state index is -0.322. The summed E-state index contributed by atoms with van der Waals surface area (Å²) in [5, 5.41) is 0. The van der Waals surface area contributed by atoms with Crippen molar-refractivity contribution in [3.8, 4) is 11.3 Å². The second-order valence-electron chi connectivity index (χ2n) is 4.43. The summed E-state index contributed by atoms with van der Waals surface area (Å²) in [6.45, 7) is 4.19. The second-order valence-corrected chi connectivity index (χ2v) is 4.43. The van der Waals surface area contributed by atoms with E-state index >= 15 is 0 Å². The summed E-state index contributed by atoms with van der Waals surface area (Å²) in [5.41, 5.74) is 4.09. The van der Waals surface area contributed by atoms with Crippen molar-refractivity contribution in [3.05, 3.63) is 59.8 Å². The normalized spacial score (nSPS) is 10.7. The van der Waals surface area contributed by atoms with E-state index < -0.39 is 0 Å². The molecule has 20 heavy (non-hydrogen) atoms. The van der Waals surface area contributed by atoms with Gasteiger partial charge in [-0.2, -0.15) is 0 Å². The molecule has 102 valence electrons. The molecule has 2 rings (SSSR count). The van der Waals surface area contributed by atoms with Crippen LogP contribution >= 0.6 is 0 Å². The molecule has 0 atom stereocenters. The van der Waals surface area contributed by atoms with Crippen molar-refractivity contribution in [1.29, 1.82) is 0 Å². The molecule has 0 aliphatic heterocycles. The van der Waals surface area contributed by atoms with Gasteiger partial charge in [-0.05, 0) is 37.1 Å². The lowest BCUT2D eigenvalue weighted by atomic mass is 10.1. The summed E-state index contributed by atoms with van der Waals surface area (Å²) in [5.74, 6) is -0.322. The smallest absolute Gasteiger partial charge is 0.330 e. The third-order valence-corrected chi connectivity index (χ3v) is 2.82. The van der Waals surface area contributed by atoms with E-state index in [9.17, 15) is 4.79 Å². The van der Waals surface area contributed by atoms with Gasteiger partial charge in [0.05, 0.1) is 12.3 Å². The summed E-state index contributed by atoms with van der Waals surface area (Å²) >= 11 is 0. The highest BCUT2D eigenvalue weighted by Gasteiger charge is 1.99. The van der Waals surface area contributed by atoms with Crippen molar-refractivity contribution >= 4 is 12.0 Å². The van der Waals surface area contributed by atoms with Crippen molar-refractivity contribution in [2.75, 3.05) is 6.61 Å². The molecule has 3 nitrogen and oxygen atoms in total. The lowest BCUT2D eigenvalue weighted by molar-refractivity contribution is -0.137. The zero-order valence-corrected chi connectivity index (χ0v) is 11.7. The SMILES string of the molecule is CCOC(=O)/C=C/c1ccc(-c2ccc(C)cn2)cc1. The number of aromatic nitrogens is 1. The fourth-order valence-electron chi connectivity index (χ4n) is 1.76. The van der Waals surface area contributed by atoms with Crippen LogP contribution in [0.15, 0.2) is 48.7 Å². The first-order chi connectivity index (χ1) is 9.69. The first-order valence-corrected chi connectivity index (χ1v) is 6.57. The predicted molar refractivity (Wildman–Crippen MR) is 80.1 cm³/mol. The molecular weight excluding hydrogens is 250 g/mol. The number of nitrogens with zero attached hydrogens (tertiary/aromatic N) is 1. The maximum absolute atomic E-state index is 11.2. The van der Waals surface area contributed by atoms with Gasteiger partial charge >= 0.3 is 5.97 Å². The third kappa shape index (κ3) is 3.79. The number of carbonyl (C=O) groups is 1.